The molecule has 116 valence electrons. The molecule has 2 nitrogen and oxygen atoms in total. The number of nitrogens with zero attached hydrogens (tertiary/aromatic N) is 1. The summed E-state index contributed by atoms with van der Waals surface area (Å²) in [4.78, 5) is 13.8. The van der Waals surface area contributed by atoms with Gasteiger partial charge in [-0.15, -0.1) is 0 Å². The van der Waals surface area contributed by atoms with Crippen molar-refractivity contribution < 1.29 is 18.0 Å². The number of carbonyl (C=O) groups excluding carboxylic acids is 1. The molecule has 0 aliphatic carbocycles. The summed E-state index contributed by atoms with van der Waals surface area (Å²) in [6.45, 7) is 7.05. The second-order valence-electron chi connectivity index (χ2n) is 6.72. The standard InChI is InChI=1S/C16H20F3NO/c1-15(2,3)14(21)20-9-12(10-20)8-11-4-6-13(7-5-11)16(17,18)19/h4-7,12H,8-10H2,1-3H3. The van der Waals surface area contributed by atoms with Gasteiger partial charge in [0.2, 0.25) is 5.91 Å². The first-order chi connectivity index (χ1) is 9.57. The minimum Gasteiger partial charge on any atom is -0.342 e. The van der Waals surface area contributed by atoms with Gasteiger partial charge in [-0.05, 0) is 30.0 Å². The number of hydrogen-bond donors (Lipinski definition) is 0. The third-order valence-electron chi connectivity index (χ3n) is 3.69. The lowest BCUT2D eigenvalue weighted by molar-refractivity contribution is -0.146. The molecule has 1 aromatic carbocycles. The summed E-state index contributed by atoms with van der Waals surface area (Å²) < 4.78 is 37.4. The number of hydrogen-bond acceptors (Lipinski definition) is 1. The van der Waals surface area contributed by atoms with Crippen molar-refractivity contribution in [3.63, 3.8) is 0 Å². The maximum atomic E-state index is 12.5. The smallest absolute Gasteiger partial charge is 0.342 e. The molecule has 1 fully saturated rings. The van der Waals surface area contributed by atoms with Crippen LogP contribution in [0.2, 0.25) is 0 Å². The molecular formula is C16H20F3NO. The van der Waals surface area contributed by atoms with Gasteiger partial charge in [-0.1, -0.05) is 32.9 Å². The molecule has 1 aliphatic heterocycles. The second-order valence-corrected chi connectivity index (χ2v) is 6.72. The summed E-state index contributed by atoms with van der Waals surface area (Å²) >= 11 is 0. The first-order valence-electron chi connectivity index (χ1n) is 7.03. The van der Waals surface area contributed by atoms with Crippen LogP contribution < -0.4 is 0 Å². The Kier molecular flexibility index (Phi) is 4.04. The van der Waals surface area contributed by atoms with E-state index >= 15 is 0 Å². The van der Waals surface area contributed by atoms with Crippen LogP contribution in [0.5, 0.6) is 0 Å². The Hall–Kier alpha value is -1.52. The highest BCUT2D eigenvalue weighted by Gasteiger charge is 2.36. The van der Waals surface area contributed by atoms with E-state index in [9.17, 15) is 18.0 Å². The van der Waals surface area contributed by atoms with Crippen LogP contribution in [0.15, 0.2) is 24.3 Å². The van der Waals surface area contributed by atoms with Crippen molar-refractivity contribution in [1.82, 2.24) is 4.90 Å². The lowest BCUT2D eigenvalue weighted by Gasteiger charge is -2.42. The minimum absolute atomic E-state index is 0.131. The van der Waals surface area contributed by atoms with Crippen LogP contribution in [0.25, 0.3) is 0 Å². The molecule has 0 atom stereocenters. The molecule has 0 saturated carbocycles. The molecule has 0 spiro atoms. The highest BCUT2D eigenvalue weighted by molar-refractivity contribution is 5.82. The summed E-state index contributed by atoms with van der Waals surface area (Å²) in [6, 6.07) is 5.28. The Bertz CT molecular complexity index is 508. The van der Waals surface area contributed by atoms with Crippen LogP contribution in [0, 0.1) is 11.3 Å². The van der Waals surface area contributed by atoms with Crippen LogP contribution in [0.4, 0.5) is 13.2 Å². The van der Waals surface area contributed by atoms with E-state index in [-0.39, 0.29) is 11.3 Å². The summed E-state index contributed by atoms with van der Waals surface area (Å²) in [5.41, 5.74) is -0.112. The predicted octanol–water partition coefficient (Wildman–Crippen LogP) is 3.75. The van der Waals surface area contributed by atoms with Gasteiger partial charge in [0.1, 0.15) is 0 Å². The zero-order chi connectivity index (χ0) is 15.8. The number of halogens is 3. The monoisotopic (exact) mass is 299 g/mol. The largest absolute Gasteiger partial charge is 0.416 e. The minimum atomic E-state index is -4.29. The van der Waals surface area contributed by atoms with E-state index in [1.807, 2.05) is 25.7 Å². The molecule has 1 aliphatic rings. The number of benzene rings is 1. The van der Waals surface area contributed by atoms with Crippen molar-refractivity contribution >= 4 is 5.91 Å². The van der Waals surface area contributed by atoms with Gasteiger partial charge in [0.15, 0.2) is 0 Å². The van der Waals surface area contributed by atoms with Crippen molar-refractivity contribution in [2.75, 3.05) is 13.1 Å². The first-order valence-corrected chi connectivity index (χ1v) is 7.03. The molecule has 0 unspecified atom stereocenters. The predicted molar refractivity (Wildman–Crippen MR) is 74.7 cm³/mol. The fourth-order valence-electron chi connectivity index (χ4n) is 2.50. The average Bonchev–Trinajstić information content (AvgIpc) is 2.30. The number of likely N-dealkylation sites (tertiary alicyclic amines) is 1. The van der Waals surface area contributed by atoms with E-state index in [1.165, 1.54) is 12.1 Å². The first kappa shape index (κ1) is 15.9. The Labute approximate surface area is 122 Å². The number of alkyl halides is 3. The van der Waals surface area contributed by atoms with Crippen molar-refractivity contribution in [2.24, 2.45) is 11.3 Å². The van der Waals surface area contributed by atoms with Gasteiger partial charge in [0.05, 0.1) is 5.56 Å². The van der Waals surface area contributed by atoms with Crippen molar-refractivity contribution in [3.8, 4) is 0 Å². The van der Waals surface area contributed by atoms with Crippen LogP contribution >= 0.6 is 0 Å². The van der Waals surface area contributed by atoms with Gasteiger partial charge in [0.25, 0.3) is 0 Å². The fraction of sp³-hybridized carbons (Fsp3) is 0.562. The molecular weight excluding hydrogens is 279 g/mol. The van der Waals surface area contributed by atoms with Crippen molar-refractivity contribution in [1.29, 1.82) is 0 Å². The lowest BCUT2D eigenvalue weighted by atomic mass is 9.87. The van der Waals surface area contributed by atoms with Gasteiger partial charge < -0.3 is 4.90 Å². The van der Waals surface area contributed by atoms with Crippen LogP contribution in [0.3, 0.4) is 0 Å². The maximum absolute atomic E-state index is 12.5. The molecule has 1 saturated heterocycles. The zero-order valence-corrected chi connectivity index (χ0v) is 12.5. The average molecular weight is 299 g/mol. The lowest BCUT2D eigenvalue weighted by Crippen LogP contribution is -2.54. The third kappa shape index (κ3) is 3.77. The van der Waals surface area contributed by atoms with E-state index in [0.717, 1.165) is 17.7 Å². The molecule has 0 aromatic heterocycles. The van der Waals surface area contributed by atoms with Gasteiger partial charge in [-0.25, -0.2) is 0 Å². The van der Waals surface area contributed by atoms with E-state index in [1.54, 1.807) is 0 Å². The summed E-state index contributed by atoms with van der Waals surface area (Å²) in [7, 11) is 0. The Morgan fingerprint density at radius 1 is 1.14 bits per heavy atom. The van der Waals surface area contributed by atoms with Gasteiger partial charge in [-0.3, -0.25) is 4.79 Å². The summed E-state index contributed by atoms with van der Waals surface area (Å²) in [5, 5.41) is 0. The zero-order valence-electron chi connectivity index (χ0n) is 12.5. The highest BCUT2D eigenvalue weighted by atomic mass is 19.4. The normalized spacial score (nSPS) is 16.8. The molecule has 0 radical (unpaired) electrons. The molecule has 21 heavy (non-hydrogen) atoms. The van der Waals surface area contributed by atoms with Crippen LogP contribution in [-0.2, 0) is 17.4 Å². The molecule has 0 N–H and O–H groups in total. The van der Waals surface area contributed by atoms with E-state index in [0.29, 0.717) is 25.4 Å². The number of amides is 1. The highest BCUT2D eigenvalue weighted by Crippen LogP contribution is 2.30. The van der Waals surface area contributed by atoms with Gasteiger partial charge in [0, 0.05) is 18.5 Å². The number of carbonyl (C=O) groups is 1. The molecule has 1 heterocycles. The second kappa shape index (κ2) is 5.35. The third-order valence-corrected chi connectivity index (χ3v) is 3.69. The topological polar surface area (TPSA) is 20.3 Å². The van der Waals surface area contributed by atoms with E-state index in [2.05, 4.69) is 0 Å². The van der Waals surface area contributed by atoms with Crippen LogP contribution in [0.1, 0.15) is 31.9 Å². The van der Waals surface area contributed by atoms with Gasteiger partial charge in [-0.2, -0.15) is 13.2 Å². The Balaban J connectivity index is 1.87. The quantitative estimate of drug-likeness (QED) is 0.814. The molecule has 0 bridgehead atoms. The van der Waals surface area contributed by atoms with Crippen molar-refractivity contribution in [2.45, 2.75) is 33.4 Å². The van der Waals surface area contributed by atoms with Crippen LogP contribution in [-0.4, -0.2) is 23.9 Å². The molecule has 1 amide bonds. The summed E-state index contributed by atoms with van der Waals surface area (Å²) in [5.74, 6) is 0.471. The summed E-state index contributed by atoms with van der Waals surface area (Å²) in [6.07, 6.45) is -3.57. The molecule has 5 heteroatoms. The Morgan fingerprint density at radius 3 is 2.10 bits per heavy atom. The number of rotatable bonds is 2. The van der Waals surface area contributed by atoms with Gasteiger partial charge >= 0.3 is 6.18 Å². The van der Waals surface area contributed by atoms with E-state index < -0.39 is 11.7 Å². The van der Waals surface area contributed by atoms with E-state index in [4.69, 9.17) is 0 Å². The maximum Gasteiger partial charge on any atom is 0.416 e. The fourth-order valence-corrected chi connectivity index (χ4v) is 2.50. The molecule has 2 rings (SSSR count). The Morgan fingerprint density at radius 2 is 1.67 bits per heavy atom. The molecule has 1 aromatic rings. The van der Waals surface area contributed by atoms with Crippen molar-refractivity contribution in [3.05, 3.63) is 35.4 Å². The SMILES string of the molecule is CC(C)(C)C(=O)N1CC(Cc2ccc(C(F)(F)F)cc2)C1.